The number of morpholine rings is 1. The lowest BCUT2D eigenvalue weighted by Gasteiger charge is -2.41. The molecule has 1 amide bonds. The van der Waals surface area contributed by atoms with Crippen LogP contribution in [0.3, 0.4) is 0 Å². The number of rotatable bonds is 24. The van der Waals surface area contributed by atoms with E-state index in [1.54, 1.807) is 45.0 Å². The Morgan fingerprint density at radius 3 is 2.16 bits per heavy atom. The summed E-state index contributed by atoms with van der Waals surface area (Å²) in [7, 11) is -16.1. The Kier molecular flexibility index (Phi) is 21.5. The zero-order valence-electron chi connectivity index (χ0n) is 45.2. The lowest BCUT2D eigenvalue weighted by Crippen LogP contribution is -2.52. The second-order valence-corrected chi connectivity index (χ2v) is 27.2. The van der Waals surface area contributed by atoms with E-state index in [4.69, 9.17) is 25.6 Å². The van der Waals surface area contributed by atoms with Crippen molar-refractivity contribution in [3.63, 3.8) is 0 Å². The largest absolute Gasteiger partial charge is 0.501 e. The van der Waals surface area contributed by atoms with Gasteiger partial charge in [-0.2, -0.15) is 13.2 Å². The molecule has 2 fully saturated rings. The maximum absolute atomic E-state index is 14.5. The van der Waals surface area contributed by atoms with Crippen LogP contribution in [0, 0.1) is 11.3 Å². The summed E-state index contributed by atoms with van der Waals surface area (Å²) in [4.78, 5) is 38.7. The van der Waals surface area contributed by atoms with Gasteiger partial charge in [0.1, 0.15) is 4.90 Å². The van der Waals surface area contributed by atoms with E-state index in [-0.39, 0.29) is 17.5 Å². The summed E-state index contributed by atoms with van der Waals surface area (Å²) in [6.07, 6.45) is -0.508. The van der Waals surface area contributed by atoms with E-state index in [0.29, 0.717) is 81.2 Å². The van der Waals surface area contributed by atoms with Crippen molar-refractivity contribution in [2.75, 3.05) is 75.0 Å². The zero-order chi connectivity index (χ0) is 58.0. The maximum Gasteiger partial charge on any atom is 0.501 e. The standard InChI is InChI=1S/C56H70ClF3N5O11PS3/c1-6-63(7-2)36-45-37-74-34-33-65(45)32-29-43(38-78-46-13-9-8-10-14-46)61-50-26-25-47(35-51(50)79(70,71)56(58,59)60)80(72,73)62-53(66)41-19-23-44(24-20-41)64-30-27-40(28-31-64)52(75-54(55(3,4)5)76-77(67,68)69)49-16-12-11-15-48(49)39-17-21-42(57)22-18-39/h8-26,35,40,43,45,52,54,61H,6-7,27-34,36-38H2,1-5H3,(H,62,66)(H2,67,68,69). The van der Waals surface area contributed by atoms with Crippen molar-refractivity contribution in [2.45, 2.75) is 98.6 Å². The number of hydrogen-bond acceptors (Lipinski definition) is 14. The number of likely N-dealkylation sites (N-methyl/N-ethyl adjacent to an activating group) is 1. The van der Waals surface area contributed by atoms with Gasteiger partial charge in [0.2, 0.25) is 0 Å². The summed E-state index contributed by atoms with van der Waals surface area (Å²) in [6.45, 7) is 15.0. The summed E-state index contributed by atoms with van der Waals surface area (Å²) in [5.41, 5.74) is -4.03. The highest BCUT2D eigenvalue weighted by Gasteiger charge is 2.49. The molecule has 7 rings (SSSR count). The third kappa shape index (κ3) is 16.8. The SMILES string of the molecule is CCN(CC)CC1COCCN1CCC(CSc1ccccc1)Nc1ccc(S(=O)(=O)NC(=O)c2ccc(N3CCC(C(OC(OP(=O)(O)O)C(C)(C)C)c4ccccc4-c4ccc(Cl)cc4)CC3)cc2)cc1S(=O)(=O)C(F)(F)F. The minimum atomic E-state index is -6.15. The molecule has 2 aliphatic rings. The van der Waals surface area contributed by atoms with Gasteiger partial charge < -0.3 is 34.4 Å². The highest BCUT2D eigenvalue weighted by Crippen LogP contribution is 2.47. The van der Waals surface area contributed by atoms with Crippen molar-refractivity contribution in [1.82, 2.24) is 14.5 Å². The van der Waals surface area contributed by atoms with Crippen LogP contribution in [0.25, 0.3) is 11.1 Å². The van der Waals surface area contributed by atoms with Gasteiger partial charge in [0.15, 0.2) is 6.29 Å². The summed E-state index contributed by atoms with van der Waals surface area (Å²) in [5, 5.41) is 3.59. The number of sulfone groups is 1. The number of nitrogens with one attached hydrogen (secondary N) is 2. The molecule has 0 aromatic heterocycles. The molecular weight excluding hydrogens is 1140 g/mol. The van der Waals surface area contributed by atoms with Crippen molar-refractivity contribution in [1.29, 1.82) is 0 Å². The number of thioether (sulfide) groups is 1. The number of halogens is 4. The number of nitrogens with zero attached hydrogens (tertiary/aromatic N) is 3. The van der Waals surface area contributed by atoms with Crippen LogP contribution in [0.1, 0.15) is 75.9 Å². The van der Waals surface area contributed by atoms with E-state index >= 15 is 0 Å². The van der Waals surface area contributed by atoms with Crippen molar-refractivity contribution in [2.24, 2.45) is 11.3 Å². The quantitative estimate of drug-likeness (QED) is 0.0258. The van der Waals surface area contributed by atoms with Crippen LogP contribution in [0.2, 0.25) is 5.02 Å². The average Bonchev–Trinajstić information content (AvgIpc) is 3.59. The fourth-order valence-corrected chi connectivity index (χ4v) is 13.5. The molecule has 0 saturated carbocycles. The first-order valence-electron chi connectivity index (χ1n) is 26.4. The molecule has 0 aliphatic carbocycles. The highest BCUT2D eigenvalue weighted by atomic mass is 35.5. The van der Waals surface area contributed by atoms with Crippen LogP contribution >= 0.6 is 31.2 Å². The lowest BCUT2D eigenvalue weighted by atomic mass is 9.83. The van der Waals surface area contributed by atoms with Crippen LogP contribution in [0.4, 0.5) is 24.5 Å². The molecular formula is C56H70ClF3N5O11PS3. The van der Waals surface area contributed by atoms with Crippen LogP contribution in [-0.2, 0) is 38.4 Å². The second kappa shape index (κ2) is 27.2. The fourth-order valence-electron chi connectivity index (χ4n) is 9.76. The van der Waals surface area contributed by atoms with Gasteiger partial charge in [-0.3, -0.25) is 14.2 Å². The molecule has 0 spiro atoms. The minimum absolute atomic E-state index is 0.0581. The van der Waals surface area contributed by atoms with E-state index < -0.39 is 78.4 Å². The molecule has 0 radical (unpaired) electrons. The average molecular weight is 1210 g/mol. The van der Waals surface area contributed by atoms with Gasteiger partial charge in [-0.25, -0.2) is 26.1 Å². The molecule has 24 heteroatoms. The topological polar surface area (TPSA) is 204 Å². The number of sulfonamides is 1. The highest BCUT2D eigenvalue weighted by molar-refractivity contribution is 7.99. The number of hydrogen-bond donors (Lipinski definition) is 4. The van der Waals surface area contributed by atoms with E-state index in [0.717, 1.165) is 53.4 Å². The first-order chi connectivity index (χ1) is 37.8. The van der Waals surface area contributed by atoms with Crippen LogP contribution < -0.4 is 14.9 Å². The van der Waals surface area contributed by atoms with Crippen LogP contribution in [0.5, 0.6) is 0 Å². The fraction of sp³-hybridized carbons (Fsp3) is 0.446. The van der Waals surface area contributed by atoms with Gasteiger partial charge in [0.05, 0.1) is 29.9 Å². The normalized spacial score (nSPS) is 17.5. The predicted molar refractivity (Wildman–Crippen MR) is 306 cm³/mol. The second-order valence-electron chi connectivity index (χ2n) is 20.9. The number of anilines is 2. The molecule has 436 valence electrons. The smallest absolute Gasteiger partial charge is 0.380 e. The molecule has 5 aromatic rings. The first-order valence-corrected chi connectivity index (χ1v) is 32.2. The van der Waals surface area contributed by atoms with Gasteiger partial charge in [-0.05, 0) is 122 Å². The van der Waals surface area contributed by atoms with Crippen molar-refractivity contribution in [3.8, 4) is 11.1 Å². The Morgan fingerprint density at radius 2 is 1.54 bits per heavy atom. The first kappa shape index (κ1) is 63.0. The summed E-state index contributed by atoms with van der Waals surface area (Å²) in [6, 6.07) is 32.1. The summed E-state index contributed by atoms with van der Waals surface area (Å²) < 4.78 is 130. The maximum atomic E-state index is 14.5. The van der Waals surface area contributed by atoms with Crippen molar-refractivity contribution in [3.05, 3.63) is 137 Å². The lowest BCUT2D eigenvalue weighted by molar-refractivity contribution is -0.194. The van der Waals surface area contributed by atoms with E-state index in [2.05, 4.69) is 33.9 Å². The Bertz CT molecular complexity index is 3130. The molecule has 2 saturated heterocycles. The number of carbonyl (C=O) groups excluding carboxylic acids is 1. The van der Waals surface area contributed by atoms with Gasteiger partial charge in [0, 0.05) is 77.1 Å². The van der Waals surface area contributed by atoms with Crippen molar-refractivity contribution >= 4 is 68.3 Å². The molecule has 5 aromatic carbocycles. The Labute approximate surface area is 476 Å². The van der Waals surface area contributed by atoms with E-state index in [1.165, 1.54) is 23.9 Å². The zero-order valence-corrected chi connectivity index (χ0v) is 49.3. The third-order valence-electron chi connectivity index (χ3n) is 14.2. The molecule has 4 atom stereocenters. The van der Waals surface area contributed by atoms with Crippen LogP contribution in [0.15, 0.2) is 136 Å². The number of benzene rings is 5. The number of phosphoric ester groups is 1. The molecule has 16 nitrogen and oxygen atoms in total. The van der Waals surface area contributed by atoms with Gasteiger partial charge >= 0.3 is 13.3 Å². The third-order valence-corrected chi connectivity index (χ3v) is 19.0. The monoisotopic (exact) mass is 1210 g/mol. The molecule has 2 aliphatic heterocycles. The Balaban J connectivity index is 1.07. The molecule has 0 bridgehead atoms. The predicted octanol–water partition coefficient (Wildman–Crippen LogP) is 10.9. The number of phosphoric acid groups is 1. The summed E-state index contributed by atoms with van der Waals surface area (Å²) in [5.74, 6) is -0.960. The van der Waals surface area contributed by atoms with Gasteiger partial charge in [-0.15, -0.1) is 11.8 Å². The molecule has 4 N–H and O–H groups in total. The number of ether oxygens (including phenoxy) is 2. The summed E-state index contributed by atoms with van der Waals surface area (Å²) >= 11 is 7.66. The van der Waals surface area contributed by atoms with Gasteiger partial charge in [0.25, 0.3) is 25.8 Å². The number of alkyl halides is 3. The van der Waals surface area contributed by atoms with Gasteiger partial charge in [-0.1, -0.05) is 101 Å². The number of carbonyl (C=O) groups is 1. The Hall–Kier alpha value is -4.55. The van der Waals surface area contributed by atoms with E-state index in [9.17, 15) is 49.2 Å². The van der Waals surface area contributed by atoms with Crippen LogP contribution in [-0.4, -0.2) is 131 Å². The van der Waals surface area contributed by atoms with Crippen molar-refractivity contribution < 1.29 is 63.2 Å². The number of piperidine rings is 1. The molecule has 80 heavy (non-hydrogen) atoms. The molecule has 4 unspecified atom stereocenters. The Morgan fingerprint density at radius 1 is 0.887 bits per heavy atom. The van der Waals surface area contributed by atoms with E-state index in [1.807, 2.05) is 71.5 Å². The number of amides is 1. The molecule has 2 heterocycles. The minimum Gasteiger partial charge on any atom is -0.380 e.